The van der Waals surface area contributed by atoms with E-state index in [-0.39, 0.29) is 17.7 Å². The van der Waals surface area contributed by atoms with Crippen molar-refractivity contribution in [1.82, 2.24) is 24.4 Å². The fraction of sp³-hybridized carbons (Fsp3) is 0.370. The number of aromatic nitrogens is 4. The summed E-state index contributed by atoms with van der Waals surface area (Å²) in [6, 6.07) is 8.06. The van der Waals surface area contributed by atoms with Crippen molar-refractivity contribution in [3.8, 4) is 17.0 Å². The number of hydrogen-bond acceptors (Lipinski definition) is 10. The predicted molar refractivity (Wildman–Crippen MR) is 158 cm³/mol. The molecule has 0 fully saturated rings. The molecule has 2 aromatic carbocycles. The smallest absolute Gasteiger partial charge is 0.294 e. The Morgan fingerprint density at radius 3 is 2.55 bits per heavy atom. The van der Waals surface area contributed by atoms with Crippen LogP contribution in [0.3, 0.4) is 0 Å². The van der Waals surface area contributed by atoms with Crippen molar-refractivity contribution in [3.05, 3.63) is 52.5 Å². The SMILES string of the molecule is COc1cc(N(C)CCN(C)C)c([N+](=O)[O-])cc1Nc1nccc(-c2cc(F)c3nc(SC)n(C(C)C)c3c2)n1. The van der Waals surface area contributed by atoms with Crippen LogP contribution in [-0.4, -0.2) is 76.9 Å². The maximum absolute atomic E-state index is 15.2. The first-order valence-electron chi connectivity index (χ1n) is 12.6. The lowest BCUT2D eigenvalue weighted by Gasteiger charge is -2.22. The lowest BCUT2D eigenvalue weighted by Crippen LogP contribution is -2.28. The number of anilines is 3. The average Bonchev–Trinajstić information content (AvgIpc) is 3.31. The van der Waals surface area contributed by atoms with Crippen molar-refractivity contribution in [2.45, 2.75) is 25.0 Å². The molecule has 0 spiro atoms. The summed E-state index contributed by atoms with van der Waals surface area (Å²) in [5, 5.41) is 15.7. The predicted octanol–water partition coefficient (Wildman–Crippen LogP) is 5.59. The van der Waals surface area contributed by atoms with Crippen LogP contribution in [0.1, 0.15) is 19.9 Å². The van der Waals surface area contributed by atoms with Gasteiger partial charge < -0.3 is 24.4 Å². The zero-order chi connectivity index (χ0) is 29.1. The van der Waals surface area contributed by atoms with Crippen molar-refractivity contribution in [2.75, 3.05) is 57.8 Å². The van der Waals surface area contributed by atoms with Crippen LogP contribution in [0, 0.1) is 15.9 Å². The Kier molecular flexibility index (Phi) is 8.74. The first-order valence-corrected chi connectivity index (χ1v) is 13.8. The molecular formula is C27H33FN8O3S. The Morgan fingerprint density at radius 1 is 1.18 bits per heavy atom. The maximum Gasteiger partial charge on any atom is 0.294 e. The largest absolute Gasteiger partial charge is 0.494 e. The van der Waals surface area contributed by atoms with Gasteiger partial charge >= 0.3 is 0 Å². The summed E-state index contributed by atoms with van der Waals surface area (Å²) in [6.07, 6.45) is 3.46. The standard InChI is InChI=1S/C27H33FN8O3S/c1-16(2)35-23-13-17(12-18(28)25(23)32-27(35)40-7)19-8-9-29-26(30-19)31-20-14-22(36(37)38)21(15-24(20)39-6)34(5)11-10-33(3)4/h8-9,12-16H,10-11H2,1-7H3,(H,29,30,31). The van der Waals surface area contributed by atoms with Gasteiger partial charge in [-0.2, -0.15) is 0 Å². The molecule has 40 heavy (non-hydrogen) atoms. The molecule has 0 radical (unpaired) electrons. The third kappa shape index (κ3) is 5.94. The highest BCUT2D eigenvalue weighted by Gasteiger charge is 2.23. The van der Waals surface area contributed by atoms with E-state index in [4.69, 9.17) is 4.74 Å². The van der Waals surface area contributed by atoms with E-state index in [0.717, 1.165) is 11.7 Å². The number of ether oxygens (including phenoxy) is 1. The van der Waals surface area contributed by atoms with E-state index in [2.05, 4.69) is 20.3 Å². The number of benzene rings is 2. The van der Waals surface area contributed by atoms with E-state index in [1.54, 1.807) is 25.4 Å². The molecule has 0 aliphatic rings. The normalized spacial score (nSPS) is 11.4. The van der Waals surface area contributed by atoms with Crippen LogP contribution < -0.4 is 15.0 Å². The summed E-state index contributed by atoms with van der Waals surface area (Å²) in [6.45, 7) is 5.36. The number of nitrogens with zero attached hydrogens (tertiary/aromatic N) is 7. The molecule has 0 saturated heterocycles. The molecule has 0 bridgehead atoms. The van der Waals surface area contributed by atoms with Crippen LogP contribution in [-0.2, 0) is 0 Å². The molecule has 0 aliphatic carbocycles. The zero-order valence-corrected chi connectivity index (χ0v) is 24.4. The van der Waals surface area contributed by atoms with E-state index in [1.807, 2.05) is 54.6 Å². The van der Waals surface area contributed by atoms with E-state index >= 15 is 4.39 Å². The number of fused-ring (bicyclic) bond motifs is 1. The third-order valence-corrected chi connectivity index (χ3v) is 7.05. The molecule has 2 heterocycles. The molecule has 0 atom stereocenters. The maximum atomic E-state index is 15.2. The highest BCUT2D eigenvalue weighted by molar-refractivity contribution is 7.98. The first kappa shape index (κ1) is 29.0. The van der Waals surface area contributed by atoms with Gasteiger partial charge in [-0.1, -0.05) is 11.8 Å². The Bertz CT molecular complexity index is 1540. The minimum atomic E-state index is -0.443. The van der Waals surface area contributed by atoms with Gasteiger partial charge in [-0.05, 0) is 52.4 Å². The van der Waals surface area contributed by atoms with Crippen LogP contribution in [0.5, 0.6) is 5.75 Å². The molecule has 0 saturated carbocycles. The molecule has 4 aromatic rings. The molecule has 0 aliphatic heterocycles. The number of likely N-dealkylation sites (N-methyl/N-ethyl adjacent to an activating group) is 2. The second-order valence-corrected chi connectivity index (χ2v) is 10.6. The summed E-state index contributed by atoms with van der Waals surface area (Å²) < 4.78 is 22.7. The van der Waals surface area contributed by atoms with Gasteiger partial charge in [0.15, 0.2) is 11.0 Å². The van der Waals surface area contributed by atoms with Crippen LogP contribution in [0.15, 0.2) is 41.7 Å². The zero-order valence-electron chi connectivity index (χ0n) is 23.6. The third-order valence-electron chi connectivity index (χ3n) is 6.40. The quantitative estimate of drug-likeness (QED) is 0.139. The van der Waals surface area contributed by atoms with Crippen molar-refractivity contribution in [1.29, 1.82) is 0 Å². The van der Waals surface area contributed by atoms with Gasteiger partial charge in [0.05, 0.1) is 28.9 Å². The first-order chi connectivity index (χ1) is 19.0. The van der Waals surface area contributed by atoms with Gasteiger partial charge in [-0.3, -0.25) is 10.1 Å². The van der Waals surface area contributed by atoms with Crippen LogP contribution in [0.25, 0.3) is 22.3 Å². The number of rotatable bonds is 11. The van der Waals surface area contributed by atoms with Crippen LogP contribution >= 0.6 is 11.8 Å². The fourth-order valence-corrected chi connectivity index (χ4v) is 5.06. The minimum Gasteiger partial charge on any atom is -0.494 e. The molecule has 1 N–H and O–H groups in total. The van der Waals surface area contributed by atoms with E-state index < -0.39 is 10.7 Å². The number of halogens is 1. The molecule has 2 aromatic heterocycles. The van der Waals surface area contributed by atoms with Gasteiger partial charge in [-0.15, -0.1) is 0 Å². The topological polar surface area (TPSA) is 114 Å². The van der Waals surface area contributed by atoms with Crippen molar-refractivity contribution < 1.29 is 14.1 Å². The number of nitro benzene ring substituents is 1. The molecule has 0 unspecified atom stereocenters. The van der Waals surface area contributed by atoms with Gasteiger partial charge in [0.2, 0.25) is 5.95 Å². The number of nitro groups is 1. The van der Waals surface area contributed by atoms with E-state index in [9.17, 15) is 10.1 Å². The molecule has 13 heteroatoms. The Labute approximate surface area is 236 Å². The number of imidazole rings is 1. The number of hydrogen-bond donors (Lipinski definition) is 1. The number of methoxy groups -OCH3 is 1. The van der Waals surface area contributed by atoms with E-state index in [0.29, 0.717) is 46.0 Å². The lowest BCUT2D eigenvalue weighted by atomic mass is 10.1. The molecule has 212 valence electrons. The van der Waals surface area contributed by atoms with Crippen LogP contribution in [0.2, 0.25) is 0 Å². The summed E-state index contributed by atoms with van der Waals surface area (Å²) in [4.78, 5) is 28.7. The summed E-state index contributed by atoms with van der Waals surface area (Å²) in [5.41, 5.74) is 2.70. The Morgan fingerprint density at radius 2 is 1.93 bits per heavy atom. The summed E-state index contributed by atoms with van der Waals surface area (Å²) in [7, 11) is 7.17. The summed E-state index contributed by atoms with van der Waals surface area (Å²) >= 11 is 1.46. The van der Waals surface area contributed by atoms with Crippen molar-refractivity contribution >= 4 is 45.8 Å². The summed E-state index contributed by atoms with van der Waals surface area (Å²) in [5.74, 6) is 0.132. The fourth-order valence-electron chi connectivity index (χ4n) is 4.37. The average molecular weight is 569 g/mol. The highest BCUT2D eigenvalue weighted by Crippen LogP contribution is 2.39. The van der Waals surface area contributed by atoms with Gasteiger partial charge in [-0.25, -0.2) is 19.3 Å². The Balaban J connectivity index is 1.72. The minimum absolute atomic E-state index is 0.0814. The van der Waals surface area contributed by atoms with Crippen molar-refractivity contribution in [3.63, 3.8) is 0 Å². The monoisotopic (exact) mass is 568 g/mol. The number of thioether (sulfide) groups is 1. The molecule has 0 amide bonds. The van der Waals surface area contributed by atoms with E-state index in [1.165, 1.54) is 31.0 Å². The highest BCUT2D eigenvalue weighted by atomic mass is 32.2. The van der Waals surface area contributed by atoms with Gasteiger partial charge in [0.1, 0.15) is 17.0 Å². The van der Waals surface area contributed by atoms with Crippen LogP contribution in [0.4, 0.5) is 27.4 Å². The Hall–Kier alpha value is -3.97. The second kappa shape index (κ2) is 12.0. The second-order valence-electron chi connectivity index (χ2n) is 9.80. The number of nitrogens with one attached hydrogen (secondary N) is 1. The lowest BCUT2D eigenvalue weighted by molar-refractivity contribution is -0.384. The molecular weight excluding hydrogens is 535 g/mol. The van der Waals surface area contributed by atoms with Gasteiger partial charge in [0.25, 0.3) is 5.69 Å². The van der Waals surface area contributed by atoms with Crippen molar-refractivity contribution in [2.24, 2.45) is 0 Å². The molecule has 11 nitrogen and oxygen atoms in total. The van der Waals surface area contributed by atoms with Gasteiger partial charge in [0, 0.05) is 50.1 Å². The molecule has 4 rings (SSSR count).